The molecule has 0 saturated heterocycles. The molecule has 142 valence electrons. The minimum absolute atomic E-state index is 0.783. The van der Waals surface area contributed by atoms with E-state index in [0.717, 1.165) is 49.6 Å². The number of hydrogen-bond donors (Lipinski definition) is 1. The fraction of sp³-hybridized carbons (Fsp3) is 0.0435. The lowest BCUT2D eigenvalue weighted by Crippen LogP contribution is -1.94. The Hall–Kier alpha value is -3.38. The standard InChI is InChI=1S/C23H17BrN4O/c1-29-18-10-7-15(8-11-18)22-19(14-28(27-22)17-5-3-2-4-6-17)23-25-20-12-9-16(24)13-21(20)26-23/h2-14H,1H3,(H,25,26). The molecule has 5 nitrogen and oxygen atoms in total. The van der Waals surface area contributed by atoms with Crippen LogP contribution in [0.1, 0.15) is 0 Å². The number of halogens is 1. The Labute approximate surface area is 176 Å². The van der Waals surface area contributed by atoms with E-state index in [2.05, 4.69) is 20.9 Å². The second-order valence-corrected chi connectivity index (χ2v) is 7.56. The van der Waals surface area contributed by atoms with E-state index < -0.39 is 0 Å². The zero-order valence-electron chi connectivity index (χ0n) is 15.6. The van der Waals surface area contributed by atoms with E-state index >= 15 is 0 Å². The summed E-state index contributed by atoms with van der Waals surface area (Å²) in [5.74, 6) is 1.59. The molecule has 3 aromatic carbocycles. The van der Waals surface area contributed by atoms with Gasteiger partial charge in [-0.05, 0) is 54.6 Å². The van der Waals surface area contributed by atoms with Crippen LogP contribution in [-0.4, -0.2) is 26.9 Å². The van der Waals surface area contributed by atoms with Crippen molar-refractivity contribution in [1.29, 1.82) is 0 Å². The highest BCUT2D eigenvalue weighted by atomic mass is 79.9. The summed E-state index contributed by atoms with van der Waals surface area (Å²) in [6.45, 7) is 0. The Morgan fingerprint density at radius 3 is 2.52 bits per heavy atom. The highest BCUT2D eigenvalue weighted by Gasteiger charge is 2.17. The number of fused-ring (bicyclic) bond motifs is 1. The third-order valence-electron chi connectivity index (χ3n) is 4.80. The Morgan fingerprint density at radius 2 is 1.76 bits per heavy atom. The van der Waals surface area contributed by atoms with Crippen LogP contribution >= 0.6 is 15.9 Å². The van der Waals surface area contributed by atoms with Gasteiger partial charge in [0, 0.05) is 16.2 Å². The van der Waals surface area contributed by atoms with Crippen molar-refractivity contribution in [2.24, 2.45) is 0 Å². The zero-order valence-corrected chi connectivity index (χ0v) is 17.2. The summed E-state index contributed by atoms with van der Waals surface area (Å²) < 4.78 is 8.19. The second-order valence-electron chi connectivity index (χ2n) is 6.65. The number of rotatable bonds is 4. The number of para-hydroxylation sites is 1. The van der Waals surface area contributed by atoms with Crippen LogP contribution in [0.25, 0.3) is 39.4 Å². The lowest BCUT2D eigenvalue weighted by Gasteiger charge is -2.03. The normalized spacial score (nSPS) is 11.1. The number of imidazole rings is 1. The van der Waals surface area contributed by atoms with Gasteiger partial charge in [0.2, 0.25) is 0 Å². The van der Waals surface area contributed by atoms with Crippen LogP contribution in [0.15, 0.2) is 83.5 Å². The fourth-order valence-electron chi connectivity index (χ4n) is 3.33. The van der Waals surface area contributed by atoms with Gasteiger partial charge >= 0.3 is 0 Å². The smallest absolute Gasteiger partial charge is 0.142 e. The van der Waals surface area contributed by atoms with E-state index in [0.29, 0.717) is 0 Å². The van der Waals surface area contributed by atoms with Gasteiger partial charge < -0.3 is 9.72 Å². The molecule has 0 amide bonds. The minimum atomic E-state index is 0.783. The largest absolute Gasteiger partial charge is 0.497 e. The quantitative estimate of drug-likeness (QED) is 0.377. The first-order chi connectivity index (χ1) is 14.2. The van der Waals surface area contributed by atoms with Crippen LogP contribution < -0.4 is 4.74 Å². The second kappa shape index (κ2) is 7.22. The maximum absolute atomic E-state index is 5.30. The van der Waals surface area contributed by atoms with Crippen LogP contribution in [-0.2, 0) is 0 Å². The van der Waals surface area contributed by atoms with Gasteiger partial charge in [0.1, 0.15) is 17.3 Å². The number of hydrogen-bond acceptors (Lipinski definition) is 3. The molecule has 2 heterocycles. The van der Waals surface area contributed by atoms with Gasteiger partial charge in [-0.2, -0.15) is 5.10 Å². The van der Waals surface area contributed by atoms with Crippen LogP contribution in [0.4, 0.5) is 0 Å². The zero-order chi connectivity index (χ0) is 19.8. The van der Waals surface area contributed by atoms with E-state index in [4.69, 9.17) is 14.8 Å². The van der Waals surface area contributed by atoms with Crippen molar-refractivity contribution in [2.75, 3.05) is 7.11 Å². The molecule has 0 atom stereocenters. The maximum atomic E-state index is 5.30. The number of H-pyrrole nitrogens is 1. The molecular formula is C23H17BrN4O. The lowest BCUT2D eigenvalue weighted by atomic mass is 10.1. The van der Waals surface area contributed by atoms with Crippen LogP contribution in [0.2, 0.25) is 0 Å². The molecule has 1 N–H and O–H groups in total. The Kier molecular flexibility index (Phi) is 4.41. The molecule has 0 aliphatic heterocycles. The van der Waals surface area contributed by atoms with E-state index in [-0.39, 0.29) is 0 Å². The summed E-state index contributed by atoms with van der Waals surface area (Å²) in [5.41, 5.74) is 5.67. The van der Waals surface area contributed by atoms with Crippen molar-refractivity contribution in [3.05, 3.63) is 83.5 Å². The summed E-state index contributed by atoms with van der Waals surface area (Å²) >= 11 is 3.52. The Balaban J connectivity index is 1.70. The molecule has 0 aliphatic rings. The molecule has 0 fully saturated rings. The Morgan fingerprint density at radius 1 is 0.966 bits per heavy atom. The van der Waals surface area contributed by atoms with Crippen molar-refractivity contribution in [3.63, 3.8) is 0 Å². The number of nitrogens with one attached hydrogen (secondary N) is 1. The first-order valence-corrected chi connectivity index (χ1v) is 9.96. The molecule has 29 heavy (non-hydrogen) atoms. The average Bonchev–Trinajstić information content (AvgIpc) is 3.38. The molecule has 0 aliphatic carbocycles. The van der Waals surface area contributed by atoms with Gasteiger partial charge in [-0.15, -0.1) is 0 Å². The first kappa shape index (κ1) is 17.7. The van der Waals surface area contributed by atoms with Gasteiger partial charge in [-0.1, -0.05) is 34.1 Å². The summed E-state index contributed by atoms with van der Waals surface area (Å²) in [6.07, 6.45) is 2.02. The fourth-order valence-corrected chi connectivity index (χ4v) is 3.69. The highest BCUT2D eigenvalue weighted by Crippen LogP contribution is 2.33. The molecule has 0 unspecified atom stereocenters. The maximum Gasteiger partial charge on any atom is 0.142 e. The van der Waals surface area contributed by atoms with Gasteiger partial charge in [0.25, 0.3) is 0 Å². The van der Waals surface area contributed by atoms with Crippen molar-refractivity contribution >= 4 is 27.0 Å². The number of benzene rings is 3. The number of aromatic nitrogens is 4. The summed E-state index contributed by atoms with van der Waals surface area (Å²) in [6, 6.07) is 24.0. The SMILES string of the molecule is COc1ccc(-c2nn(-c3ccccc3)cc2-c2nc3ccc(Br)cc3[nH]2)cc1. The molecular weight excluding hydrogens is 428 g/mol. The molecule has 5 rings (SSSR count). The molecule has 5 aromatic rings. The molecule has 0 saturated carbocycles. The molecule has 2 aromatic heterocycles. The molecule has 0 spiro atoms. The third-order valence-corrected chi connectivity index (χ3v) is 5.29. The van der Waals surface area contributed by atoms with Gasteiger partial charge in [-0.3, -0.25) is 0 Å². The lowest BCUT2D eigenvalue weighted by molar-refractivity contribution is 0.415. The van der Waals surface area contributed by atoms with E-state index in [9.17, 15) is 0 Å². The van der Waals surface area contributed by atoms with Crippen LogP contribution in [0, 0.1) is 0 Å². The number of ether oxygens (including phenoxy) is 1. The molecule has 0 bridgehead atoms. The van der Waals surface area contributed by atoms with E-state index in [1.807, 2.05) is 83.7 Å². The van der Waals surface area contributed by atoms with Crippen molar-refractivity contribution < 1.29 is 4.74 Å². The van der Waals surface area contributed by atoms with Gasteiger partial charge in [0.15, 0.2) is 0 Å². The van der Waals surface area contributed by atoms with Crippen molar-refractivity contribution in [3.8, 4) is 34.1 Å². The molecule has 0 radical (unpaired) electrons. The minimum Gasteiger partial charge on any atom is -0.497 e. The van der Waals surface area contributed by atoms with Gasteiger partial charge in [-0.25, -0.2) is 9.67 Å². The first-order valence-electron chi connectivity index (χ1n) is 9.16. The number of nitrogens with zero attached hydrogens (tertiary/aromatic N) is 3. The topological polar surface area (TPSA) is 55.7 Å². The predicted molar refractivity (Wildman–Crippen MR) is 118 cm³/mol. The van der Waals surface area contributed by atoms with Crippen molar-refractivity contribution in [1.82, 2.24) is 19.7 Å². The number of methoxy groups -OCH3 is 1. The van der Waals surface area contributed by atoms with Crippen molar-refractivity contribution in [2.45, 2.75) is 0 Å². The van der Waals surface area contributed by atoms with Gasteiger partial charge in [0.05, 0.1) is 29.4 Å². The van der Waals surface area contributed by atoms with Crippen LogP contribution in [0.3, 0.4) is 0 Å². The Bertz CT molecular complexity index is 1290. The predicted octanol–water partition coefficient (Wildman–Crippen LogP) is 5.85. The monoisotopic (exact) mass is 444 g/mol. The summed E-state index contributed by atoms with van der Waals surface area (Å²) in [4.78, 5) is 8.23. The van der Waals surface area contributed by atoms with E-state index in [1.165, 1.54) is 0 Å². The molecule has 6 heteroatoms. The number of aromatic amines is 1. The van der Waals surface area contributed by atoms with E-state index in [1.54, 1.807) is 7.11 Å². The summed E-state index contributed by atoms with van der Waals surface area (Å²) in [5, 5.41) is 4.88. The highest BCUT2D eigenvalue weighted by molar-refractivity contribution is 9.10. The summed E-state index contributed by atoms with van der Waals surface area (Å²) in [7, 11) is 1.66. The average molecular weight is 445 g/mol. The van der Waals surface area contributed by atoms with Crippen LogP contribution in [0.5, 0.6) is 5.75 Å². The third kappa shape index (κ3) is 3.32.